The molecule has 0 heterocycles. The van der Waals surface area contributed by atoms with Gasteiger partial charge in [-0.3, -0.25) is 0 Å². The maximum atomic E-state index is 12.0. The van der Waals surface area contributed by atoms with Gasteiger partial charge in [-0.15, -0.1) is 0 Å². The Hall–Kier alpha value is -1.60. The number of para-hydroxylation sites is 1. The van der Waals surface area contributed by atoms with Crippen LogP contribution in [0, 0.1) is 0 Å². The van der Waals surface area contributed by atoms with E-state index in [-0.39, 0.29) is 4.90 Å². The SMILES string of the molecule is CCNS(=O)(=O)c1ccccc1NC(C)C(=O)OC. The molecule has 1 unspecified atom stereocenters. The number of rotatable bonds is 6. The summed E-state index contributed by atoms with van der Waals surface area (Å²) in [6.07, 6.45) is 0. The van der Waals surface area contributed by atoms with Gasteiger partial charge >= 0.3 is 5.97 Å². The van der Waals surface area contributed by atoms with E-state index in [1.54, 1.807) is 32.0 Å². The van der Waals surface area contributed by atoms with Crippen LogP contribution in [0.1, 0.15) is 13.8 Å². The molecule has 106 valence electrons. The van der Waals surface area contributed by atoms with Crippen LogP contribution in [0.15, 0.2) is 29.2 Å². The van der Waals surface area contributed by atoms with E-state index in [1.807, 2.05) is 0 Å². The lowest BCUT2D eigenvalue weighted by Crippen LogP contribution is -2.29. The molecule has 0 saturated carbocycles. The number of carbonyl (C=O) groups excluding carboxylic acids is 1. The molecule has 1 rings (SSSR count). The van der Waals surface area contributed by atoms with E-state index in [4.69, 9.17) is 0 Å². The Labute approximate surface area is 113 Å². The molecule has 1 aromatic carbocycles. The molecule has 0 bridgehead atoms. The highest BCUT2D eigenvalue weighted by Crippen LogP contribution is 2.21. The van der Waals surface area contributed by atoms with E-state index in [9.17, 15) is 13.2 Å². The van der Waals surface area contributed by atoms with Gasteiger partial charge in [0.2, 0.25) is 10.0 Å². The van der Waals surface area contributed by atoms with Crippen LogP contribution < -0.4 is 10.0 Å². The molecular formula is C12H18N2O4S. The van der Waals surface area contributed by atoms with Crippen molar-refractivity contribution in [2.75, 3.05) is 19.0 Å². The van der Waals surface area contributed by atoms with E-state index in [2.05, 4.69) is 14.8 Å². The molecule has 1 aromatic rings. The summed E-state index contributed by atoms with van der Waals surface area (Å²) in [5, 5.41) is 2.83. The molecule has 0 radical (unpaired) electrons. The molecule has 1 atom stereocenters. The predicted molar refractivity (Wildman–Crippen MR) is 72.4 cm³/mol. The van der Waals surface area contributed by atoms with E-state index in [1.165, 1.54) is 13.2 Å². The molecule has 0 aliphatic heterocycles. The highest BCUT2D eigenvalue weighted by atomic mass is 32.2. The summed E-state index contributed by atoms with van der Waals surface area (Å²) in [4.78, 5) is 11.5. The Morgan fingerprint density at radius 3 is 2.58 bits per heavy atom. The minimum Gasteiger partial charge on any atom is -0.467 e. The van der Waals surface area contributed by atoms with Gasteiger partial charge in [0.25, 0.3) is 0 Å². The number of hydrogen-bond donors (Lipinski definition) is 2. The van der Waals surface area contributed by atoms with Crippen LogP contribution in [0.5, 0.6) is 0 Å². The summed E-state index contributed by atoms with van der Waals surface area (Å²) in [7, 11) is -2.30. The topological polar surface area (TPSA) is 84.5 Å². The number of methoxy groups -OCH3 is 1. The fourth-order valence-corrected chi connectivity index (χ4v) is 2.77. The molecule has 0 saturated heterocycles. The van der Waals surface area contributed by atoms with Crippen LogP contribution in [0.4, 0.5) is 5.69 Å². The van der Waals surface area contributed by atoms with Gasteiger partial charge in [0.15, 0.2) is 0 Å². The maximum Gasteiger partial charge on any atom is 0.327 e. The van der Waals surface area contributed by atoms with Gasteiger partial charge in [-0.2, -0.15) is 0 Å². The van der Waals surface area contributed by atoms with Crippen molar-refractivity contribution < 1.29 is 17.9 Å². The van der Waals surface area contributed by atoms with Crippen molar-refractivity contribution in [2.45, 2.75) is 24.8 Å². The number of benzene rings is 1. The molecule has 0 fully saturated rings. The molecular weight excluding hydrogens is 268 g/mol. The number of hydrogen-bond acceptors (Lipinski definition) is 5. The van der Waals surface area contributed by atoms with E-state index < -0.39 is 22.0 Å². The lowest BCUT2D eigenvalue weighted by Gasteiger charge is -2.16. The second kappa shape index (κ2) is 6.53. The van der Waals surface area contributed by atoms with Crippen LogP contribution in [0.3, 0.4) is 0 Å². The van der Waals surface area contributed by atoms with Crippen molar-refractivity contribution in [3.63, 3.8) is 0 Å². The molecule has 0 amide bonds. The summed E-state index contributed by atoms with van der Waals surface area (Å²) in [6.45, 7) is 3.59. The second-order valence-electron chi connectivity index (χ2n) is 3.89. The zero-order chi connectivity index (χ0) is 14.5. The highest BCUT2D eigenvalue weighted by Gasteiger charge is 2.20. The Morgan fingerprint density at radius 2 is 2.00 bits per heavy atom. The van der Waals surface area contributed by atoms with Crippen molar-refractivity contribution in [1.29, 1.82) is 0 Å². The number of anilines is 1. The first-order valence-corrected chi connectivity index (χ1v) is 7.33. The van der Waals surface area contributed by atoms with Gasteiger partial charge < -0.3 is 10.1 Å². The number of nitrogens with one attached hydrogen (secondary N) is 2. The first-order chi connectivity index (χ1) is 8.92. The molecule has 0 aliphatic carbocycles. The van der Waals surface area contributed by atoms with E-state index in [0.29, 0.717) is 12.2 Å². The van der Waals surface area contributed by atoms with Crippen molar-refractivity contribution in [3.8, 4) is 0 Å². The van der Waals surface area contributed by atoms with Gasteiger partial charge in [-0.05, 0) is 19.1 Å². The number of ether oxygens (including phenoxy) is 1. The van der Waals surface area contributed by atoms with Gasteiger partial charge in [-0.1, -0.05) is 19.1 Å². The third-order valence-electron chi connectivity index (χ3n) is 2.44. The summed E-state index contributed by atoms with van der Waals surface area (Å²) < 4.78 is 31.0. The summed E-state index contributed by atoms with van der Waals surface area (Å²) in [5.74, 6) is -0.462. The lowest BCUT2D eigenvalue weighted by molar-refractivity contribution is -0.141. The fourth-order valence-electron chi connectivity index (χ4n) is 1.56. The number of esters is 1. The predicted octanol–water partition coefficient (Wildman–Crippen LogP) is 0.958. The standard InChI is InChI=1S/C12H18N2O4S/c1-4-13-19(16,17)11-8-6-5-7-10(11)14-9(2)12(15)18-3/h5-9,13-14H,4H2,1-3H3. The monoisotopic (exact) mass is 286 g/mol. The highest BCUT2D eigenvalue weighted by molar-refractivity contribution is 7.89. The van der Waals surface area contributed by atoms with Gasteiger partial charge in [0.05, 0.1) is 12.8 Å². The van der Waals surface area contributed by atoms with Crippen LogP contribution >= 0.6 is 0 Å². The third kappa shape index (κ3) is 3.93. The Bertz CT molecular complexity index is 542. The summed E-state index contributed by atoms with van der Waals surface area (Å²) in [5.41, 5.74) is 0.362. The van der Waals surface area contributed by atoms with Gasteiger partial charge in [0.1, 0.15) is 10.9 Å². The third-order valence-corrected chi connectivity index (χ3v) is 4.04. The van der Waals surface area contributed by atoms with Gasteiger partial charge in [-0.25, -0.2) is 17.9 Å². The van der Waals surface area contributed by atoms with Crippen molar-refractivity contribution in [1.82, 2.24) is 4.72 Å². The van der Waals surface area contributed by atoms with Crippen molar-refractivity contribution >= 4 is 21.7 Å². The molecule has 19 heavy (non-hydrogen) atoms. The largest absolute Gasteiger partial charge is 0.467 e. The first kappa shape index (κ1) is 15.5. The molecule has 0 spiro atoms. The number of sulfonamides is 1. The van der Waals surface area contributed by atoms with Crippen molar-refractivity contribution in [2.24, 2.45) is 0 Å². The Morgan fingerprint density at radius 1 is 1.37 bits per heavy atom. The average Bonchev–Trinajstić information content (AvgIpc) is 2.38. The molecule has 6 nitrogen and oxygen atoms in total. The summed E-state index contributed by atoms with van der Waals surface area (Å²) >= 11 is 0. The lowest BCUT2D eigenvalue weighted by atomic mass is 10.2. The minimum absolute atomic E-state index is 0.104. The zero-order valence-corrected chi connectivity index (χ0v) is 12.0. The van der Waals surface area contributed by atoms with Crippen LogP contribution in [-0.2, 0) is 19.6 Å². The Kier molecular flexibility index (Phi) is 5.31. The maximum absolute atomic E-state index is 12.0. The van der Waals surface area contributed by atoms with Crippen LogP contribution in [0.2, 0.25) is 0 Å². The fraction of sp³-hybridized carbons (Fsp3) is 0.417. The Balaban J connectivity index is 3.07. The van der Waals surface area contributed by atoms with Gasteiger partial charge in [0, 0.05) is 6.54 Å². The van der Waals surface area contributed by atoms with E-state index in [0.717, 1.165) is 0 Å². The molecule has 0 aliphatic rings. The first-order valence-electron chi connectivity index (χ1n) is 5.85. The minimum atomic E-state index is -3.58. The zero-order valence-electron chi connectivity index (χ0n) is 11.1. The van der Waals surface area contributed by atoms with Crippen LogP contribution in [0.25, 0.3) is 0 Å². The average molecular weight is 286 g/mol. The second-order valence-corrected chi connectivity index (χ2v) is 5.62. The summed E-state index contributed by atoms with van der Waals surface area (Å²) in [6, 6.07) is 5.76. The molecule has 0 aromatic heterocycles. The molecule has 2 N–H and O–H groups in total. The quantitative estimate of drug-likeness (QED) is 0.761. The smallest absolute Gasteiger partial charge is 0.327 e. The van der Waals surface area contributed by atoms with Crippen molar-refractivity contribution in [3.05, 3.63) is 24.3 Å². The van der Waals surface area contributed by atoms with E-state index >= 15 is 0 Å². The number of carbonyl (C=O) groups is 1. The normalized spacial score (nSPS) is 12.8. The van der Waals surface area contributed by atoms with Crippen LogP contribution in [-0.4, -0.2) is 34.1 Å². The molecule has 7 heteroatoms.